The molecule has 0 unspecified atom stereocenters. The largest absolute Gasteiger partial charge is 0.342 e. The van der Waals surface area contributed by atoms with Gasteiger partial charge in [-0.3, -0.25) is 29.9 Å². The number of likely N-dealkylation sites (tertiary alicyclic amines) is 1. The van der Waals surface area contributed by atoms with Crippen molar-refractivity contribution in [2.24, 2.45) is 5.92 Å². The van der Waals surface area contributed by atoms with Gasteiger partial charge in [-0.25, -0.2) is 5.06 Å². The van der Waals surface area contributed by atoms with Crippen LogP contribution < -0.4 is 5.06 Å². The molecule has 0 spiro atoms. The number of rotatable bonds is 6. The van der Waals surface area contributed by atoms with E-state index in [2.05, 4.69) is 0 Å². The first-order valence-corrected chi connectivity index (χ1v) is 12.7. The molecule has 1 amide bonds. The van der Waals surface area contributed by atoms with E-state index in [-0.39, 0.29) is 17.3 Å². The molecule has 196 valence electrons. The Kier molecular flexibility index (Phi) is 7.26. The zero-order chi connectivity index (χ0) is 26.8. The number of nitrogens with zero attached hydrogens (tertiary/aromatic N) is 4. The van der Waals surface area contributed by atoms with Crippen molar-refractivity contribution in [3.63, 3.8) is 0 Å². The molecule has 2 fully saturated rings. The van der Waals surface area contributed by atoms with E-state index in [1.807, 2.05) is 4.90 Å². The third kappa shape index (κ3) is 5.05. The molecule has 11 heteroatoms. The van der Waals surface area contributed by atoms with Crippen LogP contribution in [-0.2, 0) is 9.63 Å². The van der Waals surface area contributed by atoms with Gasteiger partial charge in [-0.05, 0) is 66.8 Å². The van der Waals surface area contributed by atoms with Gasteiger partial charge in [0.1, 0.15) is 6.10 Å². The highest BCUT2D eigenvalue weighted by Gasteiger charge is 2.50. The van der Waals surface area contributed by atoms with Crippen LogP contribution in [0.15, 0.2) is 72.8 Å². The summed E-state index contributed by atoms with van der Waals surface area (Å²) in [6, 6.07) is 18.5. The Morgan fingerprint density at radius 2 is 1.32 bits per heavy atom. The minimum Gasteiger partial charge on any atom is -0.342 e. The van der Waals surface area contributed by atoms with Crippen molar-refractivity contribution >= 4 is 34.6 Å². The van der Waals surface area contributed by atoms with Crippen LogP contribution in [0.1, 0.15) is 42.5 Å². The van der Waals surface area contributed by atoms with E-state index in [4.69, 9.17) is 16.4 Å². The summed E-state index contributed by atoms with van der Waals surface area (Å²) in [5.41, 5.74) is 1.82. The van der Waals surface area contributed by atoms with Gasteiger partial charge in [0.15, 0.2) is 0 Å². The summed E-state index contributed by atoms with van der Waals surface area (Å²) in [6.07, 6.45) is 2.12. The molecule has 2 heterocycles. The van der Waals surface area contributed by atoms with Gasteiger partial charge in [0.2, 0.25) is 5.91 Å². The lowest BCUT2D eigenvalue weighted by Crippen LogP contribution is -2.42. The fourth-order valence-electron chi connectivity index (χ4n) is 5.15. The number of hydroxylamine groups is 1. The first-order chi connectivity index (χ1) is 18.3. The minimum atomic E-state index is -0.749. The number of halogens is 1. The number of benzene rings is 3. The monoisotopic (exact) mass is 536 g/mol. The van der Waals surface area contributed by atoms with E-state index in [1.165, 1.54) is 24.3 Å². The molecule has 0 aliphatic carbocycles. The smallest absolute Gasteiger partial charge is 0.269 e. The van der Waals surface area contributed by atoms with Crippen molar-refractivity contribution in [3.05, 3.63) is 109 Å². The molecule has 2 aliphatic heterocycles. The van der Waals surface area contributed by atoms with Crippen LogP contribution in [-0.4, -0.2) is 33.7 Å². The van der Waals surface area contributed by atoms with Crippen molar-refractivity contribution < 1.29 is 19.5 Å². The lowest BCUT2D eigenvalue weighted by atomic mass is 9.84. The number of hydrogen-bond donors (Lipinski definition) is 0. The Morgan fingerprint density at radius 3 is 1.84 bits per heavy atom. The number of amides is 1. The van der Waals surface area contributed by atoms with Gasteiger partial charge >= 0.3 is 0 Å². The standard InChI is InChI=1S/C27H25ClN4O6/c28-20-8-14-21(15-9-20)30-25(18-4-10-22(11-5-18)31(34)35)24(27(33)29-16-2-1-3-17-29)26(38-30)19-6-12-23(13-7-19)32(36)37/h4-15,24-26H,1-3,16-17H2/t24-,25-,26+/m0/s1. The minimum absolute atomic E-state index is 0.0588. The molecular weight excluding hydrogens is 512 g/mol. The molecular formula is C27H25ClN4O6. The molecule has 10 nitrogen and oxygen atoms in total. The van der Waals surface area contributed by atoms with Gasteiger partial charge in [-0.2, -0.15) is 0 Å². The Bertz CT molecular complexity index is 1330. The molecule has 0 bridgehead atoms. The molecule has 3 aromatic carbocycles. The predicted octanol–water partition coefficient (Wildman–Crippen LogP) is 6.02. The van der Waals surface area contributed by atoms with Crippen LogP contribution in [0.2, 0.25) is 5.02 Å². The maximum Gasteiger partial charge on any atom is 0.269 e. The van der Waals surface area contributed by atoms with E-state index in [9.17, 15) is 25.0 Å². The van der Waals surface area contributed by atoms with Gasteiger partial charge in [0.05, 0.1) is 27.5 Å². The Balaban J connectivity index is 1.63. The average Bonchev–Trinajstić information content (AvgIpc) is 3.34. The number of nitro benzene ring substituents is 2. The van der Waals surface area contributed by atoms with E-state index < -0.39 is 27.9 Å². The fraction of sp³-hybridized carbons (Fsp3) is 0.296. The number of carbonyl (C=O) groups is 1. The van der Waals surface area contributed by atoms with Crippen LogP contribution in [0.5, 0.6) is 0 Å². The van der Waals surface area contributed by atoms with E-state index in [1.54, 1.807) is 53.6 Å². The molecule has 0 saturated carbocycles. The molecule has 5 rings (SSSR count). The van der Waals surface area contributed by atoms with E-state index >= 15 is 0 Å². The van der Waals surface area contributed by atoms with Gasteiger partial charge in [-0.1, -0.05) is 23.7 Å². The molecule has 0 aromatic heterocycles. The van der Waals surface area contributed by atoms with E-state index in [0.717, 1.165) is 19.3 Å². The second kappa shape index (κ2) is 10.8. The Morgan fingerprint density at radius 1 is 0.789 bits per heavy atom. The summed E-state index contributed by atoms with van der Waals surface area (Å²) in [4.78, 5) is 44.0. The average molecular weight is 537 g/mol. The van der Waals surface area contributed by atoms with Crippen molar-refractivity contribution in [1.82, 2.24) is 4.90 Å². The molecule has 38 heavy (non-hydrogen) atoms. The lowest BCUT2D eigenvalue weighted by molar-refractivity contribution is -0.385. The van der Waals surface area contributed by atoms with Crippen molar-refractivity contribution in [2.75, 3.05) is 18.2 Å². The van der Waals surface area contributed by atoms with E-state index in [0.29, 0.717) is 34.9 Å². The highest BCUT2D eigenvalue weighted by molar-refractivity contribution is 6.30. The topological polar surface area (TPSA) is 119 Å². The number of anilines is 1. The molecule has 2 saturated heterocycles. The second-order valence-electron chi connectivity index (χ2n) is 9.38. The normalized spacial score (nSPS) is 21.3. The molecule has 2 aliphatic rings. The number of piperidine rings is 1. The van der Waals surface area contributed by atoms with Crippen LogP contribution in [0, 0.1) is 26.1 Å². The number of nitro groups is 2. The fourth-order valence-corrected chi connectivity index (χ4v) is 5.28. The summed E-state index contributed by atoms with van der Waals surface area (Å²) in [5, 5.41) is 24.7. The van der Waals surface area contributed by atoms with Crippen LogP contribution in [0.3, 0.4) is 0 Å². The molecule has 3 atom stereocenters. The predicted molar refractivity (Wildman–Crippen MR) is 141 cm³/mol. The van der Waals surface area contributed by atoms with Crippen molar-refractivity contribution in [1.29, 1.82) is 0 Å². The van der Waals surface area contributed by atoms with Crippen LogP contribution >= 0.6 is 11.6 Å². The second-order valence-corrected chi connectivity index (χ2v) is 9.82. The SMILES string of the molecule is O=C([C@@H]1[C@@H](c2ccc([N+](=O)[O-])cc2)ON(c2ccc(Cl)cc2)[C@H]1c1ccc([N+](=O)[O-])cc1)N1CCCCC1. The summed E-state index contributed by atoms with van der Waals surface area (Å²) in [5.74, 6) is -0.806. The van der Waals surface area contributed by atoms with Crippen molar-refractivity contribution in [3.8, 4) is 0 Å². The van der Waals surface area contributed by atoms with Crippen LogP contribution in [0.25, 0.3) is 0 Å². The Labute approximate surface area is 223 Å². The summed E-state index contributed by atoms with van der Waals surface area (Å²) in [6.45, 7) is 1.27. The summed E-state index contributed by atoms with van der Waals surface area (Å²) >= 11 is 6.13. The first-order valence-electron chi connectivity index (χ1n) is 12.3. The van der Waals surface area contributed by atoms with Crippen molar-refractivity contribution in [2.45, 2.75) is 31.4 Å². The number of carbonyl (C=O) groups excluding carboxylic acids is 1. The zero-order valence-corrected chi connectivity index (χ0v) is 21.1. The highest BCUT2D eigenvalue weighted by Crippen LogP contribution is 2.50. The quantitative estimate of drug-likeness (QED) is 0.279. The lowest BCUT2D eigenvalue weighted by Gasteiger charge is -2.33. The Hall–Kier alpha value is -4.02. The number of hydrogen-bond acceptors (Lipinski definition) is 7. The summed E-state index contributed by atoms with van der Waals surface area (Å²) in [7, 11) is 0. The third-order valence-corrected chi connectivity index (χ3v) is 7.31. The third-order valence-electron chi connectivity index (χ3n) is 7.06. The molecule has 0 radical (unpaired) electrons. The molecule has 3 aromatic rings. The van der Waals surface area contributed by atoms with Crippen LogP contribution in [0.4, 0.5) is 17.1 Å². The van der Waals surface area contributed by atoms with Gasteiger partial charge in [-0.15, -0.1) is 0 Å². The number of non-ortho nitro benzene ring substituents is 2. The zero-order valence-electron chi connectivity index (χ0n) is 20.3. The first kappa shape index (κ1) is 25.6. The maximum atomic E-state index is 14.1. The maximum absolute atomic E-state index is 14.1. The highest BCUT2D eigenvalue weighted by atomic mass is 35.5. The van der Waals surface area contributed by atoms with Gasteiger partial charge < -0.3 is 4.90 Å². The van der Waals surface area contributed by atoms with Gasteiger partial charge in [0.25, 0.3) is 11.4 Å². The molecule has 0 N–H and O–H groups in total. The van der Waals surface area contributed by atoms with Gasteiger partial charge in [0, 0.05) is 42.4 Å². The summed E-state index contributed by atoms with van der Waals surface area (Å²) < 4.78 is 0.